The molecule has 5 aliphatic carbocycles. The molecule has 26 heavy (non-hydrogen) atoms. The van der Waals surface area contributed by atoms with Crippen molar-refractivity contribution < 1.29 is 19.1 Å². The molecule has 1 aliphatic heterocycles. The number of rotatable bonds is 5. The maximum Gasteiger partial charge on any atom is 0.330 e. The van der Waals surface area contributed by atoms with Gasteiger partial charge in [0, 0.05) is 24.6 Å². The number of nitrogens with one attached hydrogen (secondary N) is 1. The summed E-state index contributed by atoms with van der Waals surface area (Å²) in [5.41, 5.74) is -0.898. The van der Waals surface area contributed by atoms with E-state index in [4.69, 9.17) is 9.47 Å². The van der Waals surface area contributed by atoms with Gasteiger partial charge in [-0.25, -0.2) is 4.79 Å². The van der Waals surface area contributed by atoms with E-state index < -0.39 is 11.0 Å². The molecule has 4 bridgehead atoms. The van der Waals surface area contributed by atoms with Crippen molar-refractivity contribution in [1.29, 1.82) is 0 Å². The van der Waals surface area contributed by atoms with E-state index in [1.807, 2.05) is 0 Å². The first-order chi connectivity index (χ1) is 12.5. The fourth-order valence-corrected chi connectivity index (χ4v) is 6.92. The molecule has 6 rings (SSSR count). The van der Waals surface area contributed by atoms with Crippen molar-refractivity contribution in [2.24, 2.45) is 23.2 Å². The third kappa shape index (κ3) is 2.79. The Kier molecular flexibility index (Phi) is 3.76. The van der Waals surface area contributed by atoms with Crippen LogP contribution in [0.2, 0.25) is 0 Å². The molecule has 0 aromatic rings. The predicted octanol–water partition coefficient (Wildman–Crippen LogP) is 2.74. The summed E-state index contributed by atoms with van der Waals surface area (Å²) in [5.74, 6) is 1.07. The molecule has 6 fully saturated rings. The Hall–Kier alpha value is -1.36. The van der Waals surface area contributed by atoms with Gasteiger partial charge in [-0.2, -0.15) is 0 Å². The molecule has 5 saturated carbocycles. The summed E-state index contributed by atoms with van der Waals surface area (Å²) < 4.78 is 11.7. The lowest BCUT2D eigenvalue weighted by Gasteiger charge is -2.59. The van der Waals surface area contributed by atoms with Gasteiger partial charge in [-0.3, -0.25) is 4.79 Å². The van der Waals surface area contributed by atoms with E-state index in [-0.39, 0.29) is 11.9 Å². The van der Waals surface area contributed by atoms with Crippen LogP contribution in [0.3, 0.4) is 0 Å². The largest absolute Gasteiger partial charge is 0.465 e. The van der Waals surface area contributed by atoms with Gasteiger partial charge in [-0.15, -0.1) is 0 Å². The van der Waals surface area contributed by atoms with Crippen LogP contribution in [0.15, 0.2) is 12.7 Å². The van der Waals surface area contributed by atoms with Gasteiger partial charge in [0.25, 0.3) is 0 Å². The minimum Gasteiger partial charge on any atom is -0.465 e. The summed E-state index contributed by atoms with van der Waals surface area (Å²) in [4.78, 5) is 25.0. The number of carbonyl (C=O) groups excluding carboxylic acids is 2. The van der Waals surface area contributed by atoms with Crippen LogP contribution in [0.5, 0.6) is 0 Å². The minimum atomic E-state index is -0.468. The highest BCUT2D eigenvalue weighted by molar-refractivity contribution is 5.82. The average molecular weight is 359 g/mol. The smallest absolute Gasteiger partial charge is 0.330 e. The number of hydrogen-bond donors (Lipinski definition) is 1. The summed E-state index contributed by atoms with van der Waals surface area (Å²) in [6.45, 7) is 4.09. The Balaban J connectivity index is 1.27. The Labute approximate surface area is 154 Å². The van der Waals surface area contributed by atoms with Crippen LogP contribution in [-0.2, 0) is 19.1 Å². The van der Waals surface area contributed by atoms with Gasteiger partial charge in [0.2, 0.25) is 0 Å². The number of esters is 2. The molecule has 5 atom stereocenters. The van der Waals surface area contributed by atoms with Gasteiger partial charge in [0.1, 0.15) is 5.60 Å². The van der Waals surface area contributed by atoms with E-state index >= 15 is 0 Å². The highest BCUT2D eigenvalue weighted by atomic mass is 16.6. The van der Waals surface area contributed by atoms with Crippen LogP contribution in [0.25, 0.3) is 0 Å². The highest BCUT2D eigenvalue weighted by Gasteiger charge is 2.63. The molecule has 5 heteroatoms. The normalized spacial score (nSPS) is 47.8. The van der Waals surface area contributed by atoms with E-state index in [0.717, 1.165) is 44.6 Å². The number of fused-ring (bicyclic) bond motifs is 1. The van der Waals surface area contributed by atoms with Crippen LogP contribution >= 0.6 is 0 Å². The Bertz CT molecular complexity index is 630. The standard InChI is InChI=1S/C21H29NO4/c1-2-18(23)26-21-9-14-5-15(10-21)8-20(7-14,12-21)19(24)25-11-13-3-4-16-17(6-13)22-16/h2,13-17,22H,1,3-12H2. The number of ether oxygens (including phenoxy) is 2. The molecular formula is C21H29NO4. The second-order valence-corrected chi connectivity index (χ2v) is 9.71. The molecular weight excluding hydrogens is 330 g/mol. The molecule has 5 nitrogen and oxygen atoms in total. The molecule has 5 unspecified atom stereocenters. The molecule has 0 aromatic carbocycles. The van der Waals surface area contributed by atoms with Crippen molar-refractivity contribution in [3.8, 4) is 0 Å². The van der Waals surface area contributed by atoms with Crippen LogP contribution in [-0.4, -0.2) is 36.2 Å². The summed E-state index contributed by atoms with van der Waals surface area (Å²) in [6.07, 6.45) is 10.2. The van der Waals surface area contributed by atoms with Crippen molar-refractivity contribution >= 4 is 11.9 Å². The molecule has 0 radical (unpaired) electrons. The second-order valence-electron chi connectivity index (χ2n) is 9.71. The molecule has 0 spiro atoms. The minimum absolute atomic E-state index is 0.0310. The van der Waals surface area contributed by atoms with Crippen molar-refractivity contribution in [1.82, 2.24) is 5.32 Å². The molecule has 0 aromatic heterocycles. The summed E-state index contributed by atoms with van der Waals surface area (Å²) in [6, 6.07) is 1.39. The second kappa shape index (κ2) is 5.82. The maximum atomic E-state index is 13.1. The van der Waals surface area contributed by atoms with Gasteiger partial charge in [0.15, 0.2) is 0 Å². The van der Waals surface area contributed by atoms with Gasteiger partial charge in [-0.1, -0.05) is 6.58 Å². The third-order valence-electron chi connectivity index (χ3n) is 7.65. The lowest BCUT2D eigenvalue weighted by Crippen LogP contribution is -2.60. The monoisotopic (exact) mass is 359 g/mol. The summed E-state index contributed by atoms with van der Waals surface area (Å²) in [5, 5.41) is 3.49. The third-order valence-corrected chi connectivity index (χ3v) is 7.65. The number of carbonyl (C=O) groups is 2. The average Bonchev–Trinajstić information content (AvgIpc) is 3.36. The highest BCUT2D eigenvalue weighted by Crippen LogP contribution is 2.63. The lowest BCUT2D eigenvalue weighted by atomic mass is 9.48. The first kappa shape index (κ1) is 16.8. The molecule has 0 amide bonds. The Morgan fingerprint density at radius 2 is 1.85 bits per heavy atom. The Morgan fingerprint density at radius 3 is 2.54 bits per heavy atom. The van der Waals surface area contributed by atoms with Crippen molar-refractivity contribution in [3.05, 3.63) is 12.7 Å². The van der Waals surface area contributed by atoms with Crippen molar-refractivity contribution in [2.75, 3.05) is 6.61 Å². The van der Waals surface area contributed by atoms with Crippen molar-refractivity contribution in [3.63, 3.8) is 0 Å². The zero-order valence-corrected chi connectivity index (χ0v) is 15.4. The topological polar surface area (TPSA) is 74.5 Å². The van der Waals surface area contributed by atoms with Crippen molar-refractivity contribution in [2.45, 2.75) is 75.5 Å². The van der Waals surface area contributed by atoms with E-state index in [9.17, 15) is 9.59 Å². The first-order valence-electron chi connectivity index (χ1n) is 10.3. The first-order valence-corrected chi connectivity index (χ1v) is 10.3. The fraction of sp³-hybridized carbons (Fsp3) is 0.810. The van der Waals surface area contributed by atoms with E-state index in [1.165, 1.54) is 18.9 Å². The molecule has 142 valence electrons. The number of hydrogen-bond acceptors (Lipinski definition) is 5. The van der Waals surface area contributed by atoms with E-state index in [1.54, 1.807) is 0 Å². The van der Waals surface area contributed by atoms with Crippen LogP contribution < -0.4 is 5.32 Å². The van der Waals surface area contributed by atoms with Gasteiger partial charge in [0.05, 0.1) is 12.0 Å². The summed E-state index contributed by atoms with van der Waals surface area (Å²) >= 11 is 0. The summed E-state index contributed by atoms with van der Waals surface area (Å²) in [7, 11) is 0. The van der Waals surface area contributed by atoms with E-state index in [2.05, 4.69) is 11.9 Å². The van der Waals surface area contributed by atoms with Crippen LogP contribution in [0.1, 0.15) is 57.8 Å². The van der Waals surface area contributed by atoms with Gasteiger partial charge < -0.3 is 14.8 Å². The Morgan fingerprint density at radius 1 is 1.08 bits per heavy atom. The molecule has 6 aliphatic rings. The van der Waals surface area contributed by atoms with Gasteiger partial charge in [-0.05, 0) is 69.1 Å². The SMILES string of the molecule is C=CC(=O)OC12CC3CC(C1)CC(C(=O)OCC1CCC4NC4C1)(C3)C2. The lowest BCUT2D eigenvalue weighted by molar-refractivity contribution is -0.210. The zero-order valence-electron chi connectivity index (χ0n) is 15.4. The van der Waals surface area contributed by atoms with Gasteiger partial charge >= 0.3 is 11.9 Å². The maximum absolute atomic E-state index is 13.1. The fourth-order valence-electron chi connectivity index (χ4n) is 6.92. The molecule has 1 saturated heterocycles. The van der Waals surface area contributed by atoms with Crippen LogP contribution in [0, 0.1) is 23.2 Å². The molecule has 1 N–H and O–H groups in total. The van der Waals surface area contributed by atoms with Crippen LogP contribution in [0.4, 0.5) is 0 Å². The quantitative estimate of drug-likeness (QED) is 0.464. The molecule has 1 heterocycles. The predicted molar refractivity (Wildman–Crippen MR) is 95.1 cm³/mol. The zero-order chi connectivity index (χ0) is 17.9. The van der Waals surface area contributed by atoms with E-state index in [0.29, 0.717) is 36.8 Å².